The van der Waals surface area contributed by atoms with Crippen molar-refractivity contribution in [2.75, 3.05) is 18.6 Å². The number of methoxy groups -OCH3 is 1. The lowest BCUT2D eigenvalue weighted by Crippen LogP contribution is -2.28. The van der Waals surface area contributed by atoms with Crippen molar-refractivity contribution in [3.63, 3.8) is 0 Å². The van der Waals surface area contributed by atoms with Crippen LogP contribution in [0, 0.1) is 5.92 Å². The van der Waals surface area contributed by atoms with Gasteiger partial charge >= 0.3 is 0 Å². The summed E-state index contributed by atoms with van der Waals surface area (Å²) in [6.07, 6.45) is 0.174. The van der Waals surface area contributed by atoms with Crippen molar-refractivity contribution in [1.82, 2.24) is 0 Å². The maximum atomic E-state index is 11.8. The van der Waals surface area contributed by atoms with Crippen LogP contribution in [0.5, 0.6) is 5.75 Å². The Morgan fingerprint density at radius 2 is 2.18 bits per heavy atom. The first kappa shape index (κ1) is 11.4. The molecule has 1 aromatic carbocycles. The fraction of sp³-hybridized carbons (Fsp3) is 0.333. The molecule has 0 saturated carbocycles. The van der Waals surface area contributed by atoms with Gasteiger partial charge in [-0.1, -0.05) is 12.1 Å². The first-order chi connectivity index (χ1) is 8.13. The highest BCUT2D eigenvalue weighted by molar-refractivity contribution is 6.01. The predicted molar refractivity (Wildman–Crippen MR) is 62.6 cm³/mol. The molecule has 0 unspecified atom stereocenters. The molecule has 90 valence electrons. The number of hydrogen-bond acceptors (Lipinski definition) is 3. The van der Waals surface area contributed by atoms with Crippen molar-refractivity contribution in [3.05, 3.63) is 24.3 Å². The lowest BCUT2D eigenvalue weighted by atomic mass is 10.1. The van der Waals surface area contributed by atoms with Gasteiger partial charge in [-0.3, -0.25) is 9.59 Å². The molecule has 2 rings (SSSR count). The highest BCUT2D eigenvalue weighted by Gasteiger charge is 2.34. The standard InChI is InChI=1S/C12H14N2O3/c1-17-10-5-3-2-4-9(10)14-7-8(12(13)16)6-11(14)15/h2-5,8H,6-7H2,1H3,(H2,13,16)/t8-/m0/s1. The van der Waals surface area contributed by atoms with Crippen LogP contribution < -0.4 is 15.4 Å². The highest BCUT2D eigenvalue weighted by Crippen LogP contribution is 2.32. The van der Waals surface area contributed by atoms with Gasteiger partial charge < -0.3 is 15.4 Å². The second kappa shape index (κ2) is 4.45. The van der Waals surface area contributed by atoms with E-state index in [9.17, 15) is 9.59 Å². The molecule has 1 aromatic rings. The number of amides is 2. The Hall–Kier alpha value is -2.04. The monoisotopic (exact) mass is 234 g/mol. The molecular formula is C12H14N2O3. The molecule has 0 bridgehead atoms. The van der Waals surface area contributed by atoms with Crippen molar-refractivity contribution in [2.45, 2.75) is 6.42 Å². The van der Waals surface area contributed by atoms with E-state index in [1.54, 1.807) is 24.1 Å². The van der Waals surface area contributed by atoms with Gasteiger partial charge in [0.15, 0.2) is 0 Å². The second-order valence-electron chi connectivity index (χ2n) is 3.98. The Morgan fingerprint density at radius 1 is 1.47 bits per heavy atom. The molecule has 0 radical (unpaired) electrons. The number of nitrogens with zero attached hydrogens (tertiary/aromatic N) is 1. The lowest BCUT2D eigenvalue weighted by Gasteiger charge is -2.18. The van der Waals surface area contributed by atoms with Crippen molar-refractivity contribution in [2.24, 2.45) is 11.7 Å². The van der Waals surface area contributed by atoms with Gasteiger partial charge in [-0.2, -0.15) is 0 Å². The molecule has 0 aliphatic carbocycles. The molecule has 1 fully saturated rings. The number of carbonyl (C=O) groups is 2. The average Bonchev–Trinajstić information content (AvgIpc) is 2.71. The molecule has 1 saturated heterocycles. The largest absolute Gasteiger partial charge is 0.495 e. The van der Waals surface area contributed by atoms with Crippen molar-refractivity contribution >= 4 is 17.5 Å². The quantitative estimate of drug-likeness (QED) is 0.829. The Kier molecular flexibility index (Phi) is 2.99. The third kappa shape index (κ3) is 2.08. The zero-order valence-electron chi connectivity index (χ0n) is 9.55. The summed E-state index contributed by atoms with van der Waals surface area (Å²) < 4.78 is 5.19. The van der Waals surface area contributed by atoms with Crippen LogP contribution in [0.3, 0.4) is 0 Å². The SMILES string of the molecule is COc1ccccc1N1C[C@@H](C(N)=O)CC1=O. The third-order valence-corrected chi connectivity index (χ3v) is 2.90. The van der Waals surface area contributed by atoms with Gasteiger partial charge in [-0.05, 0) is 12.1 Å². The van der Waals surface area contributed by atoms with E-state index in [-0.39, 0.29) is 12.3 Å². The fourth-order valence-electron chi connectivity index (χ4n) is 1.98. The van der Waals surface area contributed by atoms with E-state index in [0.29, 0.717) is 18.0 Å². The minimum Gasteiger partial charge on any atom is -0.495 e. The van der Waals surface area contributed by atoms with Crippen LogP contribution in [-0.4, -0.2) is 25.5 Å². The summed E-state index contributed by atoms with van der Waals surface area (Å²) >= 11 is 0. The minimum atomic E-state index is -0.434. The number of para-hydroxylation sites is 2. The number of anilines is 1. The predicted octanol–water partition coefficient (Wildman–Crippen LogP) is 0.533. The zero-order valence-corrected chi connectivity index (χ0v) is 9.55. The Balaban J connectivity index is 2.29. The van der Waals surface area contributed by atoms with Crippen LogP contribution in [0.2, 0.25) is 0 Å². The van der Waals surface area contributed by atoms with Crippen LogP contribution in [0.25, 0.3) is 0 Å². The summed E-state index contributed by atoms with van der Waals surface area (Å²) in [7, 11) is 1.55. The summed E-state index contributed by atoms with van der Waals surface area (Å²) in [5.74, 6) is -0.326. The van der Waals surface area contributed by atoms with Gasteiger partial charge in [-0.15, -0.1) is 0 Å². The molecule has 0 aromatic heterocycles. The number of rotatable bonds is 3. The summed E-state index contributed by atoms with van der Waals surface area (Å²) in [5, 5.41) is 0. The van der Waals surface area contributed by atoms with Crippen LogP contribution in [-0.2, 0) is 9.59 Å². The van der Waals surface area contributed by atoms with Gasteiger partial charge in [0.05, 0.1) is 18.7 Å². The number of benzene rings is 1. The summed E-state index contributed by atoms with van der Waals surface area (Å²) in [6.45, 7) is 0.328. The van der Waals surface area contributed by atoms with E-state index in [0.717, 1.165) is 0 Å². The number of hydrogen-bond donors (Lipinski definition) is 1. The van der Waals surface area contributed by atoms with Gasteiger partial charge in [0.2, 0.25) is 11.8 Å². The van der Waals surface area contributed by atoms with E-state index in [2.05, 4.69) is 0 Å². The molecule has 1 aliphatic rings. The minimum absolute atomic E-state index is 0.0988. The van der Waals surface area contributed by atoms with Crippen molar-refractivity contribution in [1.29, 1.82) is 0 Å². The van der Waals surface area contributed by atoms with Crippen LogP contribution in [0.4, 0.5) is 5.69 Å². The van der Waals surface area contributed by atoms with Crippen LogP contribution in [0.15, 0.2) is 24.3 Å². The summed E-state index contributed by atoms with van der Waals surface area (Å²) in [6, 6.07) is 7.22. The van der Waals surface area contributed by atoms with Gasteiger partial charge in [0.25, 0.3) is 0 Å². The summed E-state index contributed by atoms with van der Waals surface area (Å²) in [4.78, 5) is 24.5. The van der Waals surface area contributed by atoms with Crippen molar-refractivity contribution in [3.8, 4) is 5.75 Å². The Bertz CT molecular complexity index is 459. The third-order valence-electron chi connectivity index (χ3n) is 2.90. The maximum Gasteiger partial charge on any atom is 0.227 e. The second-order valence-corrected chi connectivity index (χ2v) is 3.98. The molecule has 2 N–H and O–H groups in total. The molecule has 17 heavy (non-hydrogen) atoms. The van der Waals surface area contributed by atoms with E-state index >= 15 is 0 Å². The molecule has 1 atom stereocenters. The first-order valence-electron chi connectivity index (χ1n) is 5.36. The molecule has 5 heteroatoms. The Labute approximate surface area is 99.2 Å². The number of primary amides is 1. The fourth-order valence-corrected chi connectivity index (χ4v) is 1.98. The highest BCUT2D eigenvalue weighted by atomic mass is 16.5. The lowest BCUT2D eigenvalue weighted by molar-refractivity contribution is -0.123. The molecule has 1 heterocycles. The van der Waals surface area contributed by atoms with E-state index in [1.165, 1.54) is 0 Å². The van der Waals surface area contributed by atoms with Gasteiger partial charge in [0.1, 0.15) is 5.75 Å². The normalized spacial score (nSPS) is 19.5. The number of ether oxygens (including phenoxy) is 1. The first-order valence-corrected chi connectivity index (χ1v) is 5.36. The van der Waals surface area contributed by atoms with Crippen LogP contribution in [0.1, 0.15) is 6.42 Å². The van der Waals surface area contributed by atoms with Crippen molar-refractivity contribution < 1.29 is 14.3 Å². The zero-order chi connectivity index (χ0) is 12.4. The van der Waals surface area contributed by atoms with E-state index in [4.69, 9.17) is 10.5 Å². The van der Waals surface area contributed by atoms with Gasteiger partial charge in [0, 0.05) is 13.0 Å². The maximum absolute atomic E-state index is 11.8. The van der Waals surface area contributed by atoms with E-state index < -0.39 is 11.8 Å². The van der Waals surface area contributed by atoms with Crippen LogP contribution >= 0.6 is 0 Å². The molecule has 2 amide bonds. The average molecular weight is 234 g/mol. The smallest absolute Gasteiger partial charge is 0.227 e. The summed E-state index contributed by atoms with van der Waals surface area (Å²) in [5.41, 5.74) is 5.91. The number of carbonyl (C=O) groups excluding carboxylic acids is 2. The molecule has 1 aliphatic heterocycles. The topological polar surface area (TPSA) is 72.6 Å². The molecule has 5 nitrogen and oxygen atoms in total. The molecule has 0 spiro atoms. The van der Waals surface area contributed by atoms with Gasteiger partial charge in [-0.25, -0.2) is 0 Å². The molecular weight excluding hydrogens is 220 g/mol. The van der Waals surface area contributed by atoms with E-state index in [1.807, 2.05) is 12.1 Å². The Morgan fingerprint density at radius 3 is 2.76 bits per heavy atom. The number of nitrogens with two attached hydrogens (primary N) is 1.